The number of amides is 5. The Bertz CT molecular complexity index is 1240. The molecule has 310 valence electrons. The van der Waals surface area contributed by atoms with Gasteiger partial charge in [0.15, 0.2) is 0 Å². The quantitative estimate of drug-likeness (QED) is 0.0349. The number of nitrogens with zero attached hydrogens (tertiary/aromatic N) is 6. The third kappa shape index (κ3) is 28.1. The van der Waals surface area contributed by atoms with Crippen molar-refractivity contribution in [2.24, 2.45) is 5.11 Å². The van der Waals surface area contributed by atoms with Crippen LogP contribution in [0.25, 0.3) is 10.4 Å². The molecular formula is C36H66N8O10. The third-order valence-electron chi connectivity index (χ3n) is 7.12. The summed E-state index contributed by atoms with van der Waals surface area (Å²) in [6.07, 6.45) is 1.56. The fourth-order valence-corrected chi connectivity index (χ4v) is 4.58. The molecule has 0 aliphatic rings. The van der Waals surface area contributed by atoms with Gasteiger partial charge in [-0.25, -0.2) is 14.4 Å². The lowest BCUT2D eigenvalue weighted by atomic mass is 10.2. The first-order chi connectivity index (χ1) is 25.0. The van der Waals surface area contributed by atoms with Crippen molar-refractivity contribution in [3.63, 3.8) is 0 Å². The van der Waals surface area contributed by atoms with E-state index in [-0.39, 0.29) is 57.3 Å². The summed E-state index contributed by atoms with van der Waals surface area (Å²) in [4.78, 5) is 81.3. The first kappa shape index (κ1) is 49.5. The van der Waals surface area contributed by atoms with Crippen molar-refractivity contribution in [1.29, 1.82) is 0 Å². The molecule has 18 nitrogen and oxygen atoms in total. The first-order valence-electron chi connectivity index (χ1n) is 18.7. The molecule has 0 aliphatic carbocycles. The SMILES string of the molecule is CC(C)(C)OC(=O)N(CCCCNC(=O)CCN(CCCCNC(=O)CCN(CCCCN=[N+]=[N-])C(=O)OC(C)(C)C)C(=O)OC(C)(C)C)CCC(=O)O. The summed E-state index contributed by atoms with van der Waals surface area (Å²) in [7, 11) is 0. The van der Waals surface area contributed by atoms with Crippen LogP contribution in [-0.4, -0.2) is 132 Å². The second-order valence-electron chi connectivity index (χ2n) is 15.8. The van der Waals surface area contributed by atoms with E-state index < -0.39 is 41.1 Å². The van der Waals surface area contributed by atoms with Gasteiger partial charge < -0.3 is 44.7 Å². The lowest BCUT2D eigenvalue weighted by Crippen LogP contribution is -2.40. The van der Waals surface area contributed by atoms with E-state index in [2.05, 4.69) is 20.7 Å². The van der Waals surface area contributed by atoms with Crippen molar-refractivity contribution in [2.45, 2.75) is 137 Å². The smallest absolute Gasteiger partial charge is 0.410 e. The van der Waals surface area contributed by atoms with Gasteiger partial charge >= 0.3 is 24.2 Å². The highest BCUT2D eigenvalue weighted by Gasteiger charge is 2.25. The van der Waals surface area contributed by atoms with Gasteiger partial charge in [0.2, 0.25) is 11.8 Å². The van der Waals surface area contributed by atoms with Gasteiger partial charge in [-0.05, 0) is 106 Å². The minimum atomic E-state index is -1.02. The van der Waals surface area contributed by atoms with Crippen LogP contribution in [0.5, 0.6) is 0 Å². The average Bonchev–Trinajstić information content (AvgIpc) is 3.02. The summed E-state index contributed by atoms with van der Waals surface area (Å²) in [5.41, 5.74) is 6.30. The van der Waals surface area contributed by atoms with E-state index >= 15 is 0 Å². The Morgan fingerprint density at radius 2 is 0.889 bits per heavy atom. The minimum absolute atomic E-state index is 0.0151. The molecule has 3 N–H and O–H groups in total. The molecule has 5 amide bonds. The van der Waals surface area contributed by atoms with Crippen LogP contribution in [0.2, 0.25) is 0 Å². The summed E-state index contributed by atoms with van der Waals surface area (Å²) in [6, 6.07) is 0. The van der Waals surface area contributed by atoms with Crippen LogP contribution in [0.4, 0.5) is 14.4 Å². The van der Waals surface area contributed by atoms with Gasteiger partial charge in [0.1, 0.15) is 16.8 Å². The van der Waals surface area contributed by atoms with E-state index in [0.717, 1.165) is 0 Å². The Kier molecular flexibility index (Phi) is 23.4. The Balaban J connectivity index is 4.86. The summed E-state index contributed by atoms with van der Waals surface area (Å²) in [5.74, 6) is -1.52. The lowest BCUT2D eigenvalue weighted by molar-refractivity contribution is -0.137. The average molecular weight is 771 g/mol. The molecule has 0 spiro atoms. The zero-order valence-electron chi connectivity index (χ0n) is 34.0. The number of unbranched alkanes of at least 4 members (excludes halogenated alkanes) is 3. The topological polar surface area (TPSA) is 233 Å². The molecule has 0 aliphatic heterocycles. The van der Waals surface area contributed by atoms with Crippen LogP contribution in [0.15, 0.2) is 5.11 Å². The van der Waals surface area contributed by atoms with Crippen molar-refractivity contribution < 1.29 is 48.1 Å². The summed E-state index contributed by atoms with van der Waals surface area (Å²) < 4.78 is 16.4. The van der Waals surface area contributed by atoms with E-state index in [1.807, 2.05) is 0 Å². The lowest BCUT2D eigenvalue weighted by Gasteiger charge is -2.27. The zero-order chi connectivity index (χ0) is 41.4. The Morgan fingerprint density at radius 3 is 1.20 bits per heavy atom. The van der Waals surface area contributed by atoms with E-state index in [1.54, 1.807) is 62.3 Å². The van der Waals surface area contributed by atoms with E-state index in [9.17, 15) is 28.8 Å². The number of hydrogen-bond donors (Lipinski definition) is 3. The zero-order valence-corrected chi connectivity index (χ0v) is 34.0. The molecule has 0 rings (SSSR count). The fraction of sp³-hybridized carbons (Fsp3) is 0.833. The van der Waals surface area contributed by atoms with Gasteiger partial charge in [-0.3, -0.25) is 14.4 Å². The molecule has 0 saturated heterocycles. The Hall–Kier alpha value is -4.47. The van der Waals surface area contributed by atoms with Crippen molar-refractivity contribution in [1.82, 2.24) is 25.3 Å². The second kappa shape index (κ2) is 25.5. The number of hydrogen-bond acceptors (Lipinski definition) is 10. The van der Waals surface area contributed by atoms with Gasteiger partial charge in [0.25, 0.3) is 0 Å². The maximum absolute atomic E-state index is 12.9. The number of azide groups is 1. The minimum Gasteiger partial charge on any atom is -0.481 e. The number of aliphatic carboxylic acids is 1. The Morgan fingerprint density at radius 1 is 0.556 bits per heavy atom. The summed E-state index contributed by atoms with van der Waals surface area (Å²) in [6.45, 7) is 18.0. The molecule has 0 radical (unpaired) electrons. The predicted octanol–water partition coefficient (Wildman–Crippen LogP) is 5.84. The maximum Gasteiger partial charge on any atom is 0.410 e. The highest BCUT2D eigenvalue weighted by molar-refractivity contribution is 5.77. The fourth-order valence-electron chi connectivity index (χ4n) is 4.58. The largest absolute Gasteiger partial charge is 0.481 e. The molecule has 0 heterocycles. The Labute approximate surface area is 320 Å². The van der Waals surface area contributed by atoms with Gasteiger partial charge in [-0.15, -0.1) is 0 Å². The number of carbonyl (C=O) groups excluding carboxylic acids is 5. The molecule has 0 fully saturated rings. The number of rotatable bonds is 24. The van der Waals surface area contributed by atoms with Gasteiger partial charge in [-0.1, -0.05) is 5.11 Å². The van der Waals surface area contributed by atoms with Crippen molar-refractivity contribution in [3.05, 3.63) is 10.4 Å². The molecule has 0 aromatic rings. The number of carboxylic acid groups (broad SMARTS) is 1. The van der Waals surface area contributed by atoms with Gasteiger partial charge in [0, 0.05) is 76.7 Å². The van der Waals surface area contributed by atoms with Crippen LogP contribution >= 0.6 is 0 Å². The number of carbonyl (C=O) groups is 6. The third-order valence-corrected chi connectivity index (χ3v) is 7.12. The predicted molar refractivity (Wildman–Crippen MR) is 203 cm³/mol. The summed E-state index contributed by atoms with van der Waals surface area (Å²) >= 11 is 0. The standard InChI is InChI=1S/C36H66N8O10/c1-34(2,3)52-31(49)42(25-16-28(45)39-20-11-14-23-44(27-18-30(47)48)33(51)54-36(7,8)9)22-13-10-19-38-29(46)17-26-43(24-15-12-21-40-41-37)32(50)53-35(4,5)6/h10-27H2,1-9H3,(H,38,46)(H,39,45)(H,47,48). The molecule has 18 heteroatoms. The van der Waals surface area contributed by atoms with Crippen LogP contribution < -0.4 is 10.6 Å². The molecule has 0 unspecified atom stereocenters. The number of ether oxygens (including phenoxy) is 3. The molecule has 0 saturated carbocycles. The van der Waals surface area contributed by atoms with E-state index in [0.29, 0.717) is 71.2 Å². The highest BCUT2D eigenvalue weighted by atomic mass is 16.6. The van der Waals surface area contributed by atoms with E-state index in [1.165, 1.54) is 14.7 Å². The molecule has 54 heavy (non-hydrogen) atoms. The maximum atomic E-state index is 12.9. The van der Waals surface area contributed by atoms with Crippen molar-refractivity contribution in [2.75, 3.05) is 58.9 Å². The van der Waals surface area contributed by atoms with Crippen molar-refractivity contribution in [3.8, 4) is 0 Å². The van der Waals surface area contributed by atoms with Gasteiger partial charge in [-0.2, -0.15) is 0 Å². The second-order valence-corrected chi connectivity index (χ2v) is 15.8. The van der Waals surface area contributed by atoms with Crippen LogP contribution in [-0.2, 0) is 28.6 Å². The molecular weight excluding hydrogens is 704 g/mol. The molecule has 0 atom stereocenters. The monoisotopic (exact) mass is 770 g/mol. The molecule has 0 aromatic carbocycles. The molecule has 0 bridgehead atoms. The van der Waals surface area contributed by atoms with Crippen LogP contribution in [0.3, 0.4) is 0 Å². The van der Waals surface area contributed by atoms with Crippen LogP contribution in [0.1, 0.15) is 120 Å². The van der Waals surface area contributed by atoms with Crippen LogP contribution in [0, 0.1) is 0 Å². The van der Waals surface area contributed by atoms with E-state index in [4.69, 9.17) is 24.8 Å². The number of carboxylic acids is 1. The first-order valence-corrected chi connectivity index (χ1v) is 18.7. The number of nitrogens with one attached hydrogen (secondary N) is 2. The highest BCUT2D eigenvalue weighted by Crippen LogP contribution is 2.14. The van der Waals surface area contributed by atoms with Crippen molar-refractivity contribution >= 4 is 36.1 Å². The normalized spacial score (nSPS) is 11.4. The summed E-state index contributed by atoms with van der Waals surface area (Å²) in [5, 5.41) is 18.2. The van der Waals surface area contributed by atoms with Gasteiger partial charge in [0.05, 0.1) is 6.42 Å². The molecule has 0 aromatic heterocycles.